The van der Waals surface area contributed by atoms with E-state index in [1.807, 2.05) is 0 Å². The number of nitrogens with zero attached hydrogens (tertiary/aromatic N) is 1. The van der Waals surface area contributed by atoms with Crippen LogP contribution >= 0.6 is 0 Å². The second-order valence-electron chi connectivity index (χ2n) is 5.42. The Bertz CT molecular complexity index is 362. The van der Waals surface area contributed by atoms with Gasteiger partial charge in [0.1, 0.15) is 0 Å². The normalized spacial score (nSPS) is 14.3. The Morgan fingerprint density at radius 3 is 2.22 bits per heavy atom. The summed E-state index contributed by atoms with van der Waals surface area (Å²) in [5, 5.41) is 0. The van der Waals surface area contributed by atoms with Gasteiger partial charge in [0.2, 0.25) is 0 Å². The second kappa shape index (κ2) is 7.38. The van der Waals surface area contributed by atoms with Gasteiger partial charge in [0, 0.05) is 0 Å². The Hall–Kier alpha value is -1.08. The lowest BCUT2D eigenvalue weighted by Crippen LogP contribution is -2.24. The number of unbranched alkanes of at least 4 members (excludes halogenated alkanes) is 1. The minimum absolute atomic E-state index is 0.401. The number of hydrogen-bond donors (Lipinski definition) is 0. The highest BCUT2D eigenvalue weighted by atomic mass is 15.1. The SMILES string of the molecule is CCC/C=C(\C(C)C)C(c1ccccc1)N(C)C. The molecule has 1 heteroatoms. The molecule has 100 valence electrons. The molecule has 18 heavy (non-hydrogen) atoms. The molecular formula is C17H27N. The highest BCUT2D eigenvalue weighted by Crippen LogP contribution is 2.31. The van der Waals surface area contributed by atoms with E-state index in [1.54, 1.807) is 0 Å². The van der Waals surface area contributed by atoms with Crippen molar-refractivity contribution in [2.45, 2.75) is 39.7 Å². The molecule has 0 bridgehead atoms. The summed E-state index contributed by atoms with van der Waals surface area (Å²) in [6.07, 6.45) is 4.82. The molecule has 0 heterocycles. The Morgan fingerprint density at radius 1 is 1.17 bits per heavy atom. The predicted octanol–water partition coefficient (Wildman–Crippen LogP) is 4.67. The third-order valence-electron chi connectivity index (χ3n) is 3.28. The van der Waals surface area contributed by atoms with Crippen LogP contribution in [0.3, 0.4) is 0 Å². The zero-order valence-corrected chi connectivity index (χ0v) is 12.5. The number of allylic oxidation sites excluding steroid dienone is 1. The van der Waals surface area contributed by atoms with E-state index >= 15 is 0 Å². The molecule has 1 rings (SSSR count). The first kappa shape index (κ1) is 15.0. The summed E-state index contributed by atoms with van der Waals surface area (Å²) in [7, 11) is 4.33. The summed E-state index contributed by atoms with van der Waals surface area (Å²) in [6, 6.07) is 11.2. The minimum Gasteiger partial charge on any atom is -0.299 e. The first-order chi connectivity index (χ1) is 8.57. The Balaban J connectivity index is 3.10. The highest BCUT2D eigenvalue weighted by molar-refractivity contribution is 5.29. The Morgan fingerprint density at radius 2 is 1.78 bits per heavy atom. The molecule has 0 saturated heterocycles. The fraction of sp³-hybridized carbons (Fsp3) is 0.529. The van der Waals surface area contributed by atoms with Crippen LogP contribution < -0.4 is 0 Å². The van der Waals surface area contributed by atoms with Crippen LogP contribution in [0.25, 0.3) is 0 Å². The van der Waals surface area contributed by atoms with E-state index < -0.39 is 0 Å². The van der Waals surface area contributed by atoms with Crippen molar-refractivity contribution >= 4 is 0 Å². The molecule has 0 N–H and O–H groups in total. The molecule has 0 aliphatic rings. The van der Waals surface area contributed by atoms with Crippen LogP contribution in [0, 0.1) is 5.92 Å². The van der Waals surface area contributed by atoms with E-state index in [4.69, 9.17) is 0 Å². The number of hydrogen-bond acceptors (Lipinski definition) is 1. The summed E-state index contributed by atoms with van der Waals surface area (Å²) >= 11 is 0. The van der Waals surface area contributed by atoms with E-state index in [0.717, 1.165) is 0 Å². The first-order valence-corrected chi connectivity index (χ1v) is 6.99. The Labute approximate surface area is 113 Å². The van der Waals surface area contributed by atoms with Crippen molar-refractivity contribution in [3.63, 3.8) is 0 Å². The molecule has 0 fully saturated rings. The van der Waals surface area contributed by atoms with E-state index in [1.165, 1.54) is 24.0 Å². The largest absolute Gasteiger partial charge is 0.299 e. The standard InChI is InChI=1S/C17H27N/c1-6-7-13-16(14(2)3)17(18(4)5)15-11-9-8-10-12-15/h8-14,17H,6-7H2,1-5H3/b16-13+. The third kappa shape index (κ3) is 3.99. The van der Waals surface area contributed by atoms with E-state index in [9.17, 15) is 0 Å². The fourth-order valence-corrected chi connectivity index (χ4v) is 2.40. The summed E-state index contributed by atoms with van der Waals surface area (Å²) < 4.78 is 0. The molecule has 0 spiro atoms. The fourth-order valence-electron chi connectivity index (χ4n) is 2.40. The Kier molecular flexibility index (Phi) is 6.14. The summed E-state index contributed by atoms with van der Waals surface area (Å²) in [4.78, 5) is 2.32. The van der Waals surface area contributed by atoms with Gasteiger partial charge in [-0.1, -0.05) is 69.2 Å². The van der Waals surface area contributed by atoms with Crippen LogP contribution in [0.2, 0.25) is 0 Å². The quantitative estimate of drug-likeness (QED) is 0.658. The molecule has 1 aromatic rings. The van der Waals surface area contributed by atoms with Crippen molar-refractivity contribution in [1.82, 2.24) is 4.90 Å². The molecule has 0 aliphatic carbocycles. The van der Waals surface area contributed by atoms with Crippen LogP contribution in [-0.4, -0.2) is 19.0 Å². The molecule has 0 aromatic heterocycles. The van der Waals surface area contributed by atoms with Crippen molar-refractivity contribution in [2.75, 3.05) is 14.1 Å². The van der Waals surface area contributed by atoms with Crippen molar-refractivity contribution in [2.24, 2.45) is 5.92 Å². The molecule has 0 radical (unpaired) electrons. The second-order valence-corrected chi connectivity index (χ2v) is 5.42. The van der Waals surface area contributed by atoms with Gasteiger partial charge in [-0.15, -0.1) is 0 Å². The van der Waals surface area contributed by atoms with Gasteiger partial charge in [0.05, 0.1) is 6.04 Å². The predicted molar refractivity (Wildman–Crippen MR) is 80.7 cm³/mol. The van der Waals surface area contributed by atoms with Crippen molar-refractivity contribution in [3.8, 4) is 0 Å². The van der Waals surface area contributed by atoms with Crippen LogP contribution in [0.15, 0.2) is 42.0 Å². The van der Waals surface area contributed by atoms with Crippen LogP contribution in [-0.2, 0) is 0 Å². The molecule has 1 nitrogen and oxygen atoms in total. The lowest BCUT2D eigenvalue weighted by atomic mass is 9.89. The lowest BCUT2D eigenvalue weighted by molar-refractivity contribution is 0.320. The van der Waals surface area contributed by atoms with Gasteiger partial charge >= 0.3 is 0 Å². The molecule has 1 unspecified atom stereocenters. The molecule has 1 aromatic carbocycles. The molecular weight excluding hydrogens is 218 g/mol. The van der Waals surface area contributed by atoms with E-state index in [0.29, 0.717) is 12.0 Å². The number of likely N-dealkylation sites (N-methyl/N-ethyl adjacent to an activating group) is 1. The van der Waals surface area contributed by atoms with Gasteiger partial charge < -0.3 is 0 Å². The average molecular weight is 245 g/mol. The van der Waals surface area contributed by atoms with E-state index in [2.05, 4.69) is 76.2 Å². The van der Waals surface area contributed by atoms with Crippen LogP contribution in [0.4, 0.5) is 0 Å². The summed E-state index contributed by atoms with van der Waals surface area (Å²) in [5.41, 5.74) is 2.92. The topological polar surface area (TPSA) is 3.24 Å². The maximum Gasteiger partial charge on any atom is 0.0558 e. The van der Waals surface area contributed by atoms with Crippen LogP contribution in [0.1, 0.15) is 45.2 Å². The lowest BCUT2D eigenvalue weighted by Gasteiger charge is -2.30. The molecule has 0 amide bonds. The minimum atomic E-state index is 0.401. The number of rotatable bonds is 6. The molecule has 0 aliphatic heterocycles. The van der Waals surface area contributed by atoms with Gasteiger partial charge in [-0.3, -0.25) is 4.90 Å². The zero-order valence-electron chi connectivity index (χ0n) is 12.5. The van der Waals surface area contributed by atoms with Gasteiger partial charge in [-0.05, 0) is 32.0 Å². The smallest absolute Gasteiger partial charge is 0.0558 e. The third-order valence-corrected chi connectivity index (χ3v) is 3.28. The highest BCUT2D eigenvalue weighted by Gasteiger charge is 2.20. The van der Waals surface area contributed by atoms with Gasteiger partial charge in [0.25, 0.3) is 0 Å². The first-order valence-electron chi connectivity index (χ1n) is 6.99. The average Bonchev–Trinajstić information content (AvgIpc) is 2.34. The van der Waals surface area contributed by atoms with Crippen molar-refractivity contribution in [3.05, 3.63) is 47.5 Å². The van der Waals surface area contributed by atoms with E-state index in [-0.39, 0.29) is 0 Å². The monoisotopic (exact) mass is 245 g/mol. The maximum absolute atomic E-state index is 2.43. The zero-order chi connectivity index (χ0) is 13.5. The molecule has 1 atom stereocenters. The summed E-state index contributed by atoms with van der Waals surface area (Å²) in [6.45, 7) is 6.82. The van der Waals surface area contributed by atoms with Gasteiger partial charge in [0.15, 0.2) is 0 Å². The van der Waals surface area contributed by atoms with Gasteiger partial charge in [-0.2, -0.15) is 0 Å². The maximum atomic E-state index is 2.43. The number of benzene rings is 1. The molecule has 0 saturated carbocycles. The summed E-state index contributed by atoms with van der Waals surface area (Å²) in [5.74, 6) is 0.587. The van der Waals surface area contributed by atoms with Crippen molar-refractivity contribution in [1.29, 1.82) is 0 Å². The van der Waals surface area contributed by atoms with Gasteiger partial charge in [-0.25, -0.2) is 0 Å². The van der Waals surface area contributed by atoms with Crippen molar-refractivity contribution < 1.29 is 0 Å². The van der Waals surface area contributed by atoms with Crippen LogP contribution in [0.5, 0.6) is 0 Å².